The molecule has 0 saturated heterocycles. The quantitative estimate of drug-likeness (QED) is 0.716. The molecule has 1 heterocycles. The van der Waals surface area contributed by atoms with Gasteiger partial charge < -0.3 is 14.8 Å². The van der Waals surface area contributed by atoms with Crippen molar-refractivity contribution in [3.05, 3.63) is 58.9 Å². The molecule has 134 valence electrons. The molecule has 0 aliphatic heterocycles. The maximum Gasteiger partial charge on any atom is 0.273 e. The minimum Gasteiger partial charge on any atom is -0.493 e. The first-order valence-corrected chi connectivity index (χ1v) is 8.50. The van der Waals surface area contributed by atoms with Crippen molar-refractivity contribution in [2.24, 2.45) is 0 Å². The highest BCUT2D eigenvalue weighted by Crippen LogP contribution is 2.28. The zero-order valence-corrected chi connectivity index (χ0v) is 15.2. The molecular formula is C19H18ClN3O3. The predicted molar refractivity (Wildman–Crippen MR) is 99.9 cm³/mol. The number of hydrogen-bond donors (Lipinski definition) is 1. The first kappa shape index (κ1) is 17.9. The molecule has 3 rings (SSSR count). The summed E-state index contributed by atoms with van der Waals surface area (Å²) in [6, 6.07) is 12.7. The van der Waals surface area contributed by atoms with E-state index in [1.807, 2.05) is 37.3 Å². The number of nitrogens with zero attached hydrogens (tertiary/aromatic N) is 2. The molecule has 0 aliphatic carbocycles. The molecule has 6 nitrogen and oxygen atoms in total. The number of amides is 1. The Morgan fingerprint density at radius 1 is 1.12 bits per heavy atom. The molecule has 7 heteroatoms. The van der Waals surface area contributed by atoms with Crippen LogP contribution in [0.5, 0.6) is 11.5 Å². The zero-order chi connectivity index (χ0) is 18.5. The Morgan fingerprint density at radius 3 is 2.54 bits per heavy atom. The highest BCUT2D eigenvalue weighted by atomic mass is 35.5. The van der Waals surface area contributed by atoms with Crippen molar-refractivity contribution in [2.75, 3.05) is 13.7 Å². The van der Waals surface area contributed by atoms with Crippen LogP contribution in [-0.4, -0.2) is 29.6 Å². The van der Waals surface area contributed by atoms with Gasteiger partial charge in [0.2, 0.25) is 0 Å². The molecule has 0 fully saturated rings. The molecular weight excluding hydrogens is 354 g/mol. The van der Waals surface area contributed by atoms with Crippen LogP contribution in [0.2, 0.25) is 5.15 Å². The van der Waals surface area contributed by atoms with E-state index < -0.39 is 0 Å². The van der Waals surface area contributed by atoms with Crippen LogP contribution in [0.3, 0.4) is 0 Å². The van der Waals surface area contributed by atoms with Gasteiger partial charge in [-0.3, -0.25) is 4.79 Å². The summed E-state index contributed by atoms with van der Waals surface area (Å²) in [7, 11) is 1.57. The van der Waals surface area contributed by atoms with Crippen LogP contribution in [0.1, 0.15) is 23.0 Å². The molecule has 0 spiro atoms. The number of methoxy groups -OCH3 is 1. The van der Waals surface area contributed by atoms with Gasteiger partial charge >= 0.3 is 0 Å². The summed E-state index contributed by atoms with van der Waals surface area (Å²) in [6.45, 7) is 2.75. The van der Waals surface area contributed by atoms with E-state index in [1.54, 1.807) is 19.2 Å². The summed E-state index contributed by atoms with van der Waals surface area (Å²) in [6.07, 6.45) is 0. The topological polar surface area (TPSA) is 73.3 Å². The van der Waals surface area contributed by atoms with Gasteiger partial charge in [-0.05, 0) is 36.8 Å². The molecule has 0 radical (unpaired) electrons. The number of benzene rings is 2. The van der Waals surface area contributed by atoms with E-state index in [0.717, 1.165) is 5.56 Å². The van der Waals surface area contributed by atoms with Gasteiger partial charge in [0, 0.05) is 6.54 Å². The largest absolute Gasteiger partial charge is 0.493 e. The maximum absolute atomic E-state index is 12.5. The number of para-hydroxylation sites is 2. The van der Waals surface area contributed by atoms with Crippen LogP contribution in [-0.2, 0) is 6.54 Å². The molecule has 0 atom stereocenters. The molecule has 2 aromatic carbocycles. The van der Waals surface area contributed by atoms with Crippen molar-refractivity contribution in [1.82, 2.24) is 15.3 Å². The smallest absolute Gasteiger partial charge is 0.273 e. The van der Waals surface area contributed by atoms with Gasteiger partial charge in [0.05, 0.1) is 24.8 Å². The summed E-state index contributed by atoms with van der Waals surface area (Å²) in [5.74, 6) is 0.886. The van der Waals surface area contributed by atoms with Gasteiger partial charge in [-0.1, -0.05) is 29.8 Å². The number of nitrogens with one attached hydrogen (secondary N) is 1. The Hall–Kier alpha value is -2.86. The number of hydrogen-bond acceptors (Lipinski definition) is 5. The number of aromatic nitrogens is 2. The molecule has 1 aromatic heterocycles. The second-order valence-electron chi connectivity index (χ2n) is 5.45. The van der Waals surface area contributed by atoms with Crippen molar-refractivity contribution >= 4 is 28.5 Å². The van der Waals surface area contributed by atoms with Gasteiger partial charge in [0.15, 0.2) is 22.3 Å². The average Bonchev–Trinajstić information content (AvgIpc) is 2.66. The summed E-state index contributed by atoms with van der Waals surface area (Å²) in [5.41, 5.74) is 2.22. The van der Waals surface area contributed by atoms with E-state index in [9.17, 15) is 4.79 Å². The average molecular weight is 372 g/mol. The van der Waals surface area contributed by atoms with Crippen molar-refractivity contribution in [3.63, 3.8) is 0 Å². The van der Waals surface area contributed by atoms with Gasteiger partial charge in [-0.25, -0.2) is 9.97 Å². The SMILES string of the molecule is CCOc1ccc(CNC(=O)c2nc3ccccc3nc2Cl)cc1OC. The zero-order valence-electron chi connectivity index (χ0n) is 14.5. The lowest BCUT2D eigenvalue weighted by atomic mass is 10.2. The molecule has 26 heavy (non-hydrogen) atoms. The molecule has 0 unspecified atom stereocenters. The Bertz CT molecular complexity index is 946. The van der Waals surface area contributed by atoms with Crippen LogP contribution in [0.25, 0.3) is 11.0 Å². The van der Waals surface area contributed by atoms with Crippen molar-refractivity contribution in [1.29, 1.82) is 0 Å². The second kappa shape index (κ2) is 8.01. The number of halogens is 1. The normalized spacial score (nSPS) is 10.6. The Morgan fingerprint density at radius 2 is 1.85 bits per heavy atom. The number of carbonyl (C=O) groups is 1. The number of fused-ring (bicyclic) bond motifs is 1. The predicted octanol–water partition coefficient (Wildman–Crippen LogP) is 3.62. The number of carbonyl (C=O) groups excluding carboxylic acids is 1. The van der Waals surface area contributed by atoms with Crippen LogP contribution in [0, 0.1) is 0 Å². The molecule has 0 bridgehead atoms. The highest BCUT2D eigenvalue weighted by molar-refractivity contribution is 6.32. The lowest BCUT2D eigenvalue weighted by Gasteiger charge is -2.12. The van der Waals surface area contributed by atoms with Gasteiger partial charge in [0.25, 0.3) is 5.91 Å². The summed E-state index contributed by atoms with van der Waals surface area (Å²) in [5, 5.41) is 2.88. The first-order chi connectivity index (χ1) is 12.6. The van der Waals surface area contributed by atoms with E-state index in [1.165, 1.54) is 0 Å². The highest BCUT2D eigenvalue weighted by Gasteiger charge is 2.15. The number of rotatable bonds is 6. The van der Waals surface area contributed by atoms with Crippen LogP contribution >= 0.6 is 11.6 Å². The van der Waals surface area contributed by atoms with E-state index in [2.05, 4.69) is 15.3 Å². The molecule has 0 saturated carbocycles. The van der Waals surface area contributed by atoms with Crippen molar-refractivity contribution in [2.45, 2.75) is 13.5 Å². The van der Waals surface area contributed by atoms with Crippen LogP contribution in [0.15, 0.2) is 42.5 Å². The minimum absolute atomic E-state index is 0.0745. The lowest BCUT2D eigenvalue weighted by molar-refractivity contribution is 0.0946. The Labute approximate surface area is 156 Å². The maximum atomic E-state index is 12.5. The van der Waals surface area contributed by atoms with Crippen molar-refractivity contribution < 1.29 is 14.3 Å². The van der Waals surface area contributed by atoms with E-state index in [0.29, 0.717) is 35.7 Å². The van der Waals surface area contributed by atoms with Crippen molar-refractivity contribution in [3.8, 4) is 11.5 Å². The number of ether oxygens (including phenoxy) is 2. The molecule has 1 amide bonds. The van der Waals surface area contributed by atoms with E-state index >= 15 is 0 Å². The minimum atomic E-state index is -0.388. The monoisotopic (exact) mass is 371 g/mol. The van der Waals surface area contributed by atoms with E-state index in [4.69, 9.17) is 21.1 Å². The Balaban J connectivity index is 1.75. The van der Waals surface area contributed by atoms with E-state index in [-0.39, 0.29) is 16.8 Å². The fourth-order valence-electron chi connectivity index (χ4n) is 2.49. The van der Waals surface area contributed by atoms with Gasteiger partial charge in [-0.2, -0.15) is 0 Å². The second-order valence-corrected chi connectivity index (χ2v) is 5.81. The standard InChI is InChI=1S/C19H18ClN3O3/c1-3-26-15-9-8-12(10-16(15)25-2)11-21-19(24)17-18(20)23-14-7-5-4-6-13(14)22-17/h4-10H,3,11H2,1-2H3,(H,21,24). The first-order valence-electron chi connectivity index (χ1n) is 8.12. The summed E-state index contributed by atoms with van der Waals surface area (Å²) in [4.78, 5) is 21.0. The van der Waals surface area contributed by atoms with Crippen LogP contribution < -0.4 is 14.8 Å². The molecule has 1 N–H and O–H groups in total. The van der Waals surface area contributed by atoms with Gasteiger partial charge in [0.1, 0.15) is 0 Å². The molecule has 0 aliphatic rings. The third-order valence-electron chi connectivity index (χ3n) is 3.72. The third-order valence-corrected chi connectivity index (χ3v) is 3.99. The third kappa shape index (κ3) is 3.86. The summed E-state index contributed by atoms with van der Waals surface area (Å²) < 4.78 is 10.8. The molecule has 3 aromatic rings. The van der Waals surface area contributed by atoms with Gasteiger partial charge in [-0.15, -0.1) is 0 Å². The van der Waals surface area contributed by atoms with Crippen LogP contribution in [0.4, 0.5) is 0 Å². The lowest BCUT2D eigenvalue weighted by Crippen LogP contribution is -2.24. The fraction of sp³-hybridized carbons (Fsp3) is 0.211. The Kier molecular flexibility index (Phi) is 5.53. The summed E-state index contributed by atoms with van der Waals surface area (Å²) >= 11 is 6.11. The fourth-order valence-corrected chi connectivity index (χ4v) is 2.70.